The standard InChI is InChI=1S/C16H13F2N3/c17-13-6-7-14(16(18)8-13)15(9-21-11-19-10-20-21)12-4-2-1-3-5-12/h1-8,10-11,15H,9H2. The molecule has 21 heavy (non-hydrogen) atoms. The Labute approximate surface area is 120 Å². The van der Waals surface area contributed by atoms with E-state index in [1.54, 1.807) is 11.0 Å². The van der Waals surface area contributed by atoms with Crippen LogP contribution in [0.3, 0.4) is 0 Å². The molecule has 5 heteroatoms. The van der Waals surface area contributed by atoms with Gasteiger partial charge in [0.15, 0.2) is 0 Å². The zero-order valence-corrected chi connectivity index (χ0v) is 11.2. The number of benzene rings is 2. The number of aromatic nitrogens is 3. The van der Waals surface area contributed by atoms with E-state index in [-0.39, 0.29) is 5.92 Å². The molecule has 0 saturated heterocycles. The number of hydrogen-bond donors (Lipinski definition) is 0. The molecule has 106 valence electrons. The van der Waals surface area contributed by atoms with Crippen LogP contribution in [0.1, 0.15) is 17.0 Å². The summed E-state index contributed by atoms with van der Waals surface area (Å²) in [5.41, 5.74) is 1.39. The van der Waals surface area contributed by atoms with Gasteiger partial charge in [-0.15, -0.1) is 0 Å². The summed E-state index contributed by atoms with van der Waals surface area (Å²) in [5.74, 6) is -1.39. The van der Waals surface area contributed by atoms with Crippen molar-refractivity contribution in [2.45, 2.75) is 12.5 Å². The van der Waals surface area contributed by atoms with Crippen LogP contribution < -0.4 is 0 Å². The Bertz CT molecular complexity index is 712. The van der Waals surface area contributed by atoms with Crippen LogP contribution >= 0.6 is 0 Å². The highest BCUT2D eigenvalue weighted by molar-refractivity contribution is 5.33. The Morgan fingerprint density at radius 3 is 2.52 bits per heavy atom. The van der Waals surface area contributed by atoms with E-state index in [9.17, 15) is 8.78 Å². The van der Waals surface area contributed by atoms with Crippen LogP contribution in [0, 0.1) is 11.6 Å². The molecule has 1 atom stereocenters. The quantitative estimate of drug-likeness (QED) is 0.735. The third-order valence-electron chi connectivity index (χ3n) is 3.38. The van der Waals surface area contributed by atoms with Gasteiger partial charge in [-0.2, -0.15) is 5.10 Å². The molecule has 3 nitrogen and oxygen atoms in total. The van der Waals surface area contributed by atoms with E-state index in [1.165, 1.54) is 18.5 Å². The van der Waals surface area contributed by atoms with Crippen molar-refractivity contribution in [2.75, 3.05) is 0 Å². The predicted octanol–water partition coefficient (Wildman–Crippen LogP) is 3.39. The maximum Gasteiger partial charge on any atom is 0.137 e. The van der Waals surface area contributed by atoms with Gasteiger partial charge < -0.3 is 0 Å². The Morgan fingerprint density at radius 1 is 1.05 bits per heavy atom. The highest BCUT2D eigenvalue weighted by Gasteiger charge is 2.19. The largest absolute Gasteiger partial charge is 0.252 e. The smallest absolute Gasteiger partial charge is 0.137 e. The normalized spacial score (nSPS) is 12.3. The van der Waals surface area contributed by atoms with Crippen LogP contribution in [0.2, 0.25) is 0 Å². The summed E-state index contributed by atoms with van der Waals surface area (Å²) in [6.45, 7) is 0.437. The molecule has 0 saturated carbocycles. The summed E-state index contributed by atoms with van der Waals surface area (Å²) in [7, 11) is 0. The van der Waals surface area contributed by atoms with Crippen molar-refractivity contribution in [3.63, 3.8) is 0 Å². The molecule has 0 radical (unpaired) electrons. The number of nitrogens with zero attached hydrogens (tertiary/aromatic N) is 3. The molecular weight excluding hydrogens is 272 g/mol. The molecule has 2 aromatic carbocycles. The van der Waals surface area contributed by atoms with Crippen molar-refractivity contribution in [3.8, 4) is 0 Å². The average molecular weight is 285 g/mol. The third-order valence-corrected chi connectivity index (χ3v) is 3.38. The maximum atomic E-state index is 14.1. The Kier molecular flexibility index (Phi) is 3.73. The first kappa shape index (κ1) is 13.4. The van der Waals surface area contributed by atoms with E-state index in [2.05, 4.69) is 10.1 Å². The van der Waals surface area contributed by atoms with Crippen LogP contribution in [0.5, 0.6) is 0 Å². The van der Waals surface area contributed by atoms with E-state index < -0.39 is 11.6 Å². The summed E-state index contributed by atoms with van der Waals surface area (Å²) in [6.07, 6.45) is 3.01. The van der Waals surface area contributed by atoms with Crippen LogP contribution in [0.25, 0.3) is 0 Å². The molecule has 0 amide bonds. The first-order chi connectivity index (χ1) is 10.2. The lowest BCUT2D eigenvalue weighted by molar-refractivity contribution is 0.522. The zero-order valence-electron chi connectivity index (χ0n) is 11.2. The molecule has 0 bridgehead atoms. The summed E-state index contributed by atoms with van der Waals surface area (Å²) < 4.78 is 28.9. The van der Waals surface area contributed by atoms with E-state index in [1.807, 2.05) is 30.3 Å². The molecule has 1 aromatic heterocycles. The first-order valence-corrected chi connectivity index (χ1v) is 6.56. The Balaban J connectivity index is 2.03. The minimum Gasteiger partial charge on any atom is -0.252 e. The van der Waals surface area contributed by atoms with Crippen LogP contribution in [-0.2, 0) is 6.54 Å². The number of hydrogen-bond acceptors (Lipinski definition) is 2. The van der Waals surface area contributed by atoms with Gasteiger partial charge in [-0.25, -0.2) is 13.8 Å². The van der Waals surface area contributed by atoms with Gasteiger partial charge in [-0.1, -0.05) is 36.4 Å². The van der Waals surface area contributed by atoms with Gasteiger partial charge in [0, 0.05) is 12.0 Å². The SMILES string of the molecule is Fc1ccc(C(Cn2cncn2)c2ccccc2)c(F)c1. The van der Waals surface area contributed by atoms with Crippen molar-refractivity contribution in [2.24, 2.45) is 0 Å². The molecule has 0 aliphatic rings. The lowest BCUT2D eigenvalue weighted by Crippen LogP contribution is -2.13. The molecule has 1 unspecified atom stereocenters. The highest BCUT2D eigenvalue weighted by atomic mass is 19.1. The van der Waals surface area contributed by atoms with Crippen molar-refractivity contribution in [1.29, 1.82) is 0 Å². The van der Waals surface area contributed by atoms with Crippen molar-refractivity contribution < 1.29 is 8.78 Å². The van der Waals surface area contributed by atoms with Crippen LogP contribution in [0.15, 0.2) is 61.2 Å². The van der Waals surface area contributed by atoms with Gasteiger partial charge >= 0.3 is 0 Å². The second kappa shape index (κ2) is 5.83. The molecular formula is C16H13F2N3. The van der Waals surface area contributed by atoms with Gasteiger partial charge in [0.05, 0.1) is 6.54 Å². The molecule has 0 aliphatic carbocycles. The Morgan fingerprint density at radius 2 is 1.86 bits per heavy atom. The minimum absolute atomic E-state index is 0.256. The first-order valence-electron chi connectivity index (χ1n) is 6.56. The molecule has 1 heterocycles. The van der Waals surface area contributed by atoms with Crippen LogP contribution in [-0.4, -0.2) is 14.8 Å². The molecule has 3 rings (SSSR count). The molecule has 0 fully saturated rings. The van der Waals surface area contributed by atoms with Gasteiger partial charge in [0.1, 0.15) is 24.3 Å². The lowest BCUT2D eigenvalue weighted by atomic mass is 9.91. The molecule has 0 aliphatic heterocycles. The van der Waals surface area contributed by atoms with Crippen molar-refractivity contribution in [1.82, 2.24) is 14.8 Å². The summed E-state index contributed by atoms with van der Waals surface area (Å²) in [4.78, 5) is 3.90. The topological polar surface area (TPSA) is 30.7 Å². The average Bonchev–Trinajstić information content (AvgIpc) is 2.99. The van der Waals surface area contributed by atoms with Gasteiger partial charge in [-0.3, -0.25) is 4.68 Å². The Hall–Kier alpha value is -2.56. The highest BCUT2D eigenvalue weighted by Crippen LogP contribution is 2.28. The third kappa shape index (κ3) is 2.97. The lowest BCUT2D eigenvalue weighted by Gasteiger charge is -2.18. The maximum absolute atomic E-state index is 14.1. The van der Waals surface area contributed by atoms with E-state index in [0.717, 1.165) is 11.6 Å². The van der Waals surface area contributed by atoms with Gasteiger partial charge in [0.2, 0.25) is 0 Å². The fraction of sp³-hybridized carbons (Fsp3) is 0.125. The fourth-order valence-corrected chi connectivity index (χ4v) is 2.37. The van der Waals surface area contributed by atoms with E-state index >= 15 is 0 Å². The van der Waals surface area contributed by atoms with Crippen LogP contribution in [0.4, 0.5) is 8.78 Å². The molecule has 0 N–H and O–H groups in total. The minimum atomic E-state index is -0.580. The van der Waals surface area contributed by atoms with Gasteiger partial charge in [0.25, 0.3) is 0 Å². The summed E-state index contributed by atoms with van der Waals surface area (Å²) in [6, 6.07) is 13.2. The summed E-state index contributed by atoms with van der Waals surface area (Å²) in [5, 5.41) is 4.06. The predicted molar refractivity (Wildman–Crippen MR) is 74.7 cm³/mol. The molecule has 3 aromatic rings. The zero-order chi connectivity index (χ0) is 14.7. The van der Waals surface area contributed by atoms with Crippen molar-refractivity contribution in [3.05, 3.63) is 83.9 Å². The fourth-order valence-electron chi connectivity index (χ4n) is 2.37. The number of halogens is 2. The van der Waals surface area contributed by atoms with E-state index in [0.29, 0.717) is 12.1 Å². The van der Waals surface area contributed by atoms with Gasteiger partial charge in [-0.05, 0) is 17.2 Å². The number of rotatable bonds is 4. The van der Waals surface area contributed by atoms with E-state index in [4.69, 9.17) is 0 Å². The second-order valence-electron chi connectivity index (χ2n) is 4.75. The summed E-state index contributed by atoms with van der Waals surface area (Å²) >= 11 is 0. The van der Waals surface area contributed by atoms with Crippen molar-refractivity contribution >= 4 is 0 Å². The second-order valence-corrected chi connectivity index (χ2v) is 4.75. The molecule has 0 spiro atoms. The monoisotopic (exact) mass is 285 g/mol.